The van der Waals surface area contributed by atoms with Crippen molar-refractivity contribution in [3.63, 3.8) is 0 Å². The zero-order valence-electron chi connectivity index (χ0n) is 7.43. The van der Waals surface area contributed by atoms with Gasteiger partial charge in [0.25, 0.3) is 0 Å². The molecule has 7 heteroatoms. The van der Waals surface area contributed by atoms with Gasteiger partial charge in [-0.1, -0.05) is 13.3 Å². The summed E-state index contributed by atoms with van der Waals surface area (Å²) in [5, 5.41) is 2.42. The minimum absolute atomic E-state index is 0.481. The first kappa shape index (κ1) is 12.6. The molecule has 0 bridgehead atoms. The average molecular weight is 210 g/mol. The summed E-state index contributed by atoms with van der Waals surface area (Å²) in [6.07, 6.45) is 0.692. The van der Waals surface area contributed by atoms with Gasteiger partial charge in [0.2, 0.25) is 5.91 Å². The molecule has 0 aliphatic heterocycles. The Morgan fingerprint density at radius 3 is 2.46 bits per heavy atom. The third-order valence-corrected chi connectivity index (χ3v) is 2.06. The minimum Gasteiger partial charge on any atom is -0.368 e. The molecule has 0 saturated heterocycles. The van der Waals surface area contributed by atoms with Crippen molar-refractivity contribution in [3.8, 4) is 0 Å². The fourth-order valence-electron chi connectivity index (χ4n) is 0.863. The summed E-state index contributed by atoms with van der Waals surface area (Å²) in [7, 11) is -4.10. The highest BCUT2D eigenvalue weighted by atomic mass is 31.2. The second-order valence-electron chi connectivity index (χ2n) is 2.77. The highest BCUT2D eigenvalue weighted by molar-refractivity contribution is 7.51. The molecule has 0 saturated carbocycles. The quantitative estimate of drug-likeness (QED) is 0.436. The lowest BCUT2D eigenvalue weighted by Crippen LogP contribution is -2.41. The summed E-state index contributed by atoms with van der Waals surface area (Å²) in [4.78, 5) is 27.7. The number of rotatable bonds is 6. The number of nitrogens with one attached hydrogen (secondary N) is 1. The molecular weight excluding hydrogens is 195 g/mol. The normalized spacial score (nSPS) is 14.1. The van der Waals surface area contributed by atoms with Crippen molar-refractivity contribution in [3.05, 3.63) is 0 Å². The van der Waals surface area contributed by atoms with E-state index >= 15 is 0 Å². The largest absolute Gasteiger partial charge is 0.368 e. The SMILES string of the molecule is CCCC(NCP(=O)(O)O)C(N)=O. The lowest BCUT2D eigenvalue weighted by molar-refractivity contribution is -0.120. The Morgan fingerprint density at radius 1 is 1.62 bits per heavy atom. The van der Waals surface area contributed by atoms with Crippen molar-refractivity contribution in [1.82, 2.24) is 5.32 Å². The van der Waals surface area contributed by atoms with Crippen LogP contribution < -0.4 is 11.1 Å². The van der Waals surface area contributed by atoms with E-state index in [0.29, 0.717) is 6.42 Å². The summed E-state index contributed by atoms with van der Waals surface area (Å²) in [6, 6.07) is -0.655. The molecule has 6 nitrogen and oxygen atoms in total. The standard InChI is InChI=1S/C6H15N2O4P/c1-2-3-5(6(7)9)8-4-13(10,11)12/h5,8H,2-4H2,1H3,(H2,7,9)(H2,10,11,12). The van der Waals surface area contributed by atoms with E-state index in [1.54, 1.807) is 0 Å². The summed E-state index contributed by atoms with van der Waals surface area (Å²) < 4.78 is 10.4. The van der Waals surface area contributed by atoms with E-state index in [2.05, 4.69) is 5.32 Å². The monoisotopic (exact) mass is 210 g/mol. The first-order valence-corrected chi connectivity index (χ1v) is 5.74. The molecule has 0 fully saturated rings. The van der Waals surface area contributed by atoms with Gasteiger partial charge in [0.05, 0.1) is 12.3 Å². The van der Waals surface area contributed by atoms with Crippen LogP contribution in [-0.4, -0.2) is 28.0 Å². The summed E-state index contributed by atoms with van der Waals surface area (Å²) in [5.41, 5.74) is 5.00. The molecular formula is C6H15N2O4P. The van der Waals surface area contributed by atoms with Gasteiger partial charge in [-0.2, -0.15) is 0 Å². The number of carbonyl (C=O) groups excluding carboxylic acids is 1. The molecule has 78 valence electrons. The van der Waals surface area contributed by atoms with Crippen molar-refractivity contribution in [2.45, 2.75) is 25.8 Å². The van der Waals surface area contributed by atoms with E-state index < -0.39 is 25.8 Å². The predicted octanol–water partition coefficient (Wildman–Crippen LogP) is -0.635. The first-order valence-electron chi connectivity index (χ1n) is 3.94. The van der Waals surface area contributed by atoms with Gasteiger partial charge in [-0.15, -0.1) is 0 Å². The average Bonchev–Trinajstić information content (AvgIpc) is 1.95. The number of carbonyl (C=O) groups is 1. The van der Waals surface area contributed by atoms with E-state index in [-0.39, 0.29) is 0 Å². The molecule has 5 N–H and O–H groups in total. The maximum absolute atomic E-state index is 10.7. The van der Waals surface area contributed by atoms with Gasteiger partial charge >= 0.3 is 7.60 Å². The van der Waals surface area contributed by atoms with Crippen molar-refractivity contribution in [2.24, 2.45) is 5.73 Å². The first-order chi connectivity index (χ1) is 5.87. The lowest BCUT2D eigenvalue weighted by atomic mass is 10.1. The smallest absolute Gasteiger partial charge is 0.339 e. The zero-order valence-corrected chi connectivity index (χ0v) is 8.33. The number of hydrogen-bond acceptors (Lipinski definition) is 3. The highest BCUT2D eigenvalue weighted by Gasteiger charge is 2.19. The lowest BCUT2D eigenvalue weighted by Gasteiger charge is -2.14. The van der Waals surface area contributed by atoms with Crippen LogP contribution in [0, 0.1) is 0 Å². The zero-order chi connectivity index (χ0) is 10.5. The van der Waals surface area contributed by atoms with Crippen LogP contribution in [0.15, 0.2) is 0 Å². The Morgan fingerprint density at radius 2 is 2.15 bits per heavy atom. The number of amides is 1. The predicted molar refractivity (Wildman–Crippen MR) is 47.9 cm³/mol. The third-order valence-electron chi connectivity index (χ3n) is 1.46. The fraction of sp³-hybridized carbons (Fsp3) is 0.833. The van der Waals surface area contributed by atoms with E-state index in [0.717, 1.165) is 6.42 Å². The maximum atomic E-state index is 10.7. The molecule has 1 unspecified atom stereocenters. The molecule has 0 radical (unpaired) electrons. The molecule has 1 atom stereocenters. The highest BCUT2D eigenvalue weighted by Crippen LogP contribution is 2.32. The van der Waals surface area contributed by atoms with Crippen molar-refractivity contribution in [1.29, 1.82) is 0 Å². The van der Waals surface area contributed by atoms with Gasteiger partial charge in [0.1, 0.15) is 0 Å². The van der Waals surface area contributed by atoms with Crippen molar-refractivity contribution >= 4 is 13.5 Å². The molecule has 0 spiro atoms. The Balaban J connectivity index is 3.97. The van der Waals surface area contributed by atoms with Crippen LogP contribution in [0.4, 0.5) is 0 Å². The van der Waals surface area contributed by atoms with E-state index in [4.69, 9.17) is 15.5 Å². The molecule has 0 aliphatic rings. The minimum atomic E-state index is -4.10. The second-order valence-corrected chi connectivity index (χ2v) is 4.42. The summed E-state index contributed by atoms with van der Waals surface area (Å²) >= 11 is 0. The van der Waals surface area contributed by atoms with E-state index in [1.165, 1.54) is 0 Å². The molecule has 0 aromatic heterocycles. The molecule has 0 aromatic rings. The molecule has 1 amide bonds. The molecule has 0 aromatic carbocycles. The van der Waals surface area contributed by atoms with Gasteiger partial charge in [-0.25, -0.2) is 0 Å². The summed E-state index contributed by atoms with van der Waals surface area (Å²) in [5.74, 6) is -0.588. The van der Waals surface area contributed by atoms with Crippen molar-refractivity contribution < 1.29 is 19.1 Å². The Kier molecular flexibility index (Phi) is 5.17. The maximum Gasteiger partial charge on any atom is 0.339 e. The molecule has 0 heterocycles. The van der Waals surface area contributed by atoms with Crippen LogP contribution >= 0.6 is 7.60 Å². The van der Waals surface area contributed by atoms with Crippen LogP contribution in [0.2, 0.25) is 0 Å². The second kappa shape index (κ2) is 5.34. The van der Waals surface area contributed by atoms with Crippen molar-refractivity contribution in [2.75, 3.05) is 6.29 Å². The topological polar surface area (TPSA) is 113 Å². The van der Waals surface area contributed by atoms with Crippen LogP contribution in [0.5, 0.6) is 0 Å². The van der Waals surface area contributed by atoms with Gasteiger partial charge in [0, 0.05) is 0 Å². The van der Waals surface area contributed by atoms with Crippen LogP contribution in [0.1, 0.15) is 19.8 Å². The summed E-state index contributed by atoms with van der Waals surface area (Å²) in [6.45, 7) is 1.86. The van der Waals surface area contributed by atoms with Crippen LogP contribution in [0.25, 0.3) is 0 Å². The van der Waals surface area contributed by atoms with E-state index in [9.17, 15) is 9.36 Å². The van der Waals surface area contributed by atoms with Crippen LogP contribution in [-0.2, 0) is 9.36 Å². The number of hydrogen-bond donors (Lipinski definition) is 4. The fourth-order valence-corrected chi connectivity index (χ4v) is 1.32. The number of nitrogens with two attached hydrogens (primary N) is 1. The Hall–Kier alpha value is -0.420. The van der Waals surface area contributed by atoms with Gasteiger partial charge in [0.15, 0.2) is 0 Å². The molecule has 13 heavy (non-hydrogen) atoms. The van der Waals surface area contributed by atoms with Gasteiger partial charge in [-0.05, 0) is 6.42 Å². The Labute approximate surface area is 76.7 Å². The van der Waals surface area contributed by atoms with Gasteiger partial charge in [-0.3, -0.25) is 14.7 Å². The number of primary amides is 1. The third kappa shape index (κ3) is 6.72. The van der Waals surface area contributed by atoms with E-state index in [1.807, 2.05) is 6.92 Å². The molecule has 0 aliphatic carbocycles. The van der Waals surface area contributed by atoms with Crippen LogP contribution in [0.3, 0.4) is 0 Å². The molecule has 0 rings (SSSR count). The van der Waals surface area contributed by atoms with Gasteiger partial charge < -0.3 is 15.5 Å². The Bertz CT molecular complexity index is 215.